The van der Waals surface area contributed by atoms with Crippen molar-refractivity contribution in [3.05, 3.63) is 0 Å². The minimum absolute atomic E-state index is 0.0843. The van der Waals surface area contributed by atoms with Gasteiger partial charge in [-0.05, 0) is 0 Å². The maximum atomic E-state index is 14.9. The van der Waals surface area contributed by atoms with Gasteiger partial charge >= 0.3 is 13.3 Å². The van der Waals surface area contributed by atoms with E-state index in [9.17, 15) is 22.9 Å². The van der Waals surface area contributed by atoms with Gasteiger partial charge in [0.2, 0.25) is 0 Å². The number of rotatable bonds is 9. The summed E-state index contributed by atoms with van der Waals surface area (Å²) in [5, 5.41) is -0.229. The molecule has 0 aliphatic rings. The van der Waals surface area contributed by atoms with Gasteiger partial charge in [-0.3, -0.25) is 14.2 Å². The van der Waals surface area contributed by atoms with Crippen molar-refractivity contribution >= 4 is 41.4 Å². The molecule has 0 radical (unpaired) electrons. The molecule has 0 rings (SSSR count). The molecule has 0 aromatic rings. The average molecular weight is 477 g/mol. The maximum Gasteiger partial charge on any atom is 0.400 e. The highest BCUT2D eigenvalue weighted by atomic mass is 32.2. The average Bonchev–Trinajstić information content (AvgIpc) is 2.52. The Morgan fingerprint density at radius 1 is 0.759 bits per heavy atom. The molecular weight excluding hydrogens is 441 g/mol. The second kappa shape index (κ2) is 10.6. The molecule has 0 N–H and O–H groups in total. The molecule has 0 aliphatic carbocycles. The van der Waals surface area contributed by atoms with Gasteiger partial charge in [0.05, 0.1) is 13.2 Å². The van der Waals surface area contributed by atoms with Crippen LogP contribution >= 0.6 is 31.1 Å². The number of hydrogen-bond donors (Lipinski definition) is 0. The molecule has 0 aromatic carbocycles. The third-order valence-corrected chi connectivity index (χ3v) is 8.52. The lowest BCUT2D eigenvalue weighted by atomic mass is 9.97. The summed E-state index contributed by atoms with van der Waals surface area (Å²) in [7, 11) is -4.83. The molecule has 10 heteroatoms. The van der Waals surface area contributed by atoms with Gasteiger partial charge < -0.3 is 9.05 Å². The van der Waals surface area contributed by atoms with Crippen LogP contribution in [0.15, 0.2) is 0 Å². The van der Waals surface area contributed by atoms with Crippen molar-refractivity contribution in [1.82, 2.24) is 0 Å². The standard InChI is InChI=1S/C19H35F2O5PS2/c1-16(2,3)14(22)28-12-10-25-27(24,19(20,21)18(7,8)9)26-11-13-29-15(23)17(4,5)6/h10-13H2,1-9H3. The van der Waals surface area contributed by atoms with Gasteiger partial charge in [-0.2, -0.15) is 8.78 Å². The predicted octanol–water partition coefficient (Wildman–Crippen LogP) is 6.46. The first kappa shape index (κ1) is 29.1. The molecule has 0 spiro atoms. The zero-order valence-corrected chi connectivity index (χ0v) is 21.4. The monoisotopic (exact) mass is 476 g/mol. The zero-order valence-electron chi connectivity index (χ0n) is 18.9. The smallest absolute Gasteiger partial charge is 0.304 e. The topological polar surface area (TPSA) is 69.7 Å². The minimum Gasteiger partial charge on any atom is -0.304 e. The largest absolute Gasteiger partial charge is 0.400 e. The number of hydrogen-bond acceptors (Lipinski definition) is 7. The van der Waals surface area contributed by atoms with E-state index in [1.165, 1.54) is 20.8 Å². The Kier molecular flexibility index (Phi) is 10.6. The summed E-state index contributed by atoms with van der Waals surface area (Å²) in [4.78, 5) is 23.9. The normalized spacial score (nSPS) is 14.2. The van der Waals surface area contributed by atoms with Gasteiger partial charge in [0, 0.05) is 27.8 Å². The van der Waals surface area contributed by atoms with E-state index in [1.54, 1.807) is 41.5 Å². The Hall–Kier alpha value is 0.0500. The lowest BCUT2D eigenvalue weighted by molar-refractivity contribution is -0.118. The molecule has 0 aromatic heterocycles. The van der Waals surface area contributed by atoms with Crippen LogP contribution in [0.3, 0.4) is 0 Å². The SMILES string of the molecule is CC(C)(C)C(=O)SCCOP(=O)(OCCSC(=O)C(C)(C)C)C(F)(F)C(C)(C)C. The Morgan fingerprint density at radius 2 is 1.07 bits per heavy atom. The van der Waals surface area contributed by atoms with Crippen molar-refractivity contribution in [3.8, 4) is 0 Å². The van der Waals surface area contributed by atoms with Crippen molar-refractivity contribution in [2.24, 2.45) is 16.2 Å². The fourth-order valence-electron chi connectivity index (χ4n) is 1.63. The lowest BCUT2D eigenvalue weighted by Crippen LogP contribution is -2.35. The van der Waals surface area contributed by atoms with E-state index in [4.69, 9.17) is 9.05 Å². The van der Waals surface area contributed by atoms with Crippen molar-refractivity contribution in [1.29, 1.82) is 0 Å². The molecular formula is C19H35F2O5PS2. The van der Waals surface area contributed by atoms with Gasteiger partial charge in [0.1, 0.15) is 0 Å². The third kappa shape index (κ3) is 8.98. The van der Waals surface area contributed by atoms with E-state index in [0.717, 1.165) is 23.5 Å². The summed E-state index contributed by atoms with van der Waals surface area (Å²) in [6.07, 6.45) is 0. The van der Waals surface area contributed by atoms with Gasteiger partial charge in [0.25, 0.3) is 0 Å². The highest BCUT2D eigenvalue weighted by molar-refractivity contribution is 8.14. The Bertz CT molecular complexity index is 582. The lowest BCUT2D eigenvalue weighted by Gasteiger charge is -2.35. The van der Waals surface area contributed by atoms with E-state index in [1.807, 2.05) is 0 Å². The van der Waals surface area contributed by atoms with E-state index in [-0.39, 0.29) is 35.0 Å². The molecule has 0 saturated carbocycles. The molecule has 0 unspecified atom stereocenters. The third-order valence-electron chi connectivity index (χ3n) is 3.63. The number of halogens is 2. The molecule has 0 fully saturated rings. The molecule has 0 heterocycles. The molecule has 0 bridgehead atoms. The van der Waals surface area contributed by atoms with Gasteiger partial charge in [-0.15, -0.1) is 0 Å². The maximum absolute atomic E-state index is 14.9. The number of carbonyl (C=O) groups is 2. The van der Waals surface area contributed by atoms with Crippen LogP contribution in [-0.2, 0) is 23.2 Å². The van der Waals surface area contributed by atoms with Crippen molar-refractivity contribution in [3.63, 3.8) is 0 Å². The fourth-order valence-corrected chi connectivity index (χ4v) is 5.33. The van der Waals surface area contributed by atoms with Gasteiger partial charge in [-0.1, -0.05) is 85.8 Å². The highest BCUT2D eigenvalue weighted by Crippen LogP contribution is 2.68. The first-order chi connectivity index (χ1) is 12.8. The molecule has 0 atom stereocenters. The van der Waals surface area contributed by atoms with Gasteiger partial charge in [0.15, 0.2) is 10.2 Å². The predicted molar refractivity (Wildman–Crippen MR) is 118 cm³/mol. The molecule has 0 aliphatic heterocycles. The van der Waals surface area contributed by atoms with Gasteiger partial charge in [-0.25, -0.2) is 0 Å². The molecule has 0 saturated heterocycles. The van der Waals surface area contributed by atoms with Crippen LogP contribution in [0, 0.1) is 16.2 Å². The molecule has 29 heavy (non-hydrogen) atoms. The summed E-state index contributed by atoms with van der Waals surface area (Å²) in [6, 6.07) is 0. The number of carbonyl (C=O) groups excluding carboxylic acids is 2. The van der Waals surface area contributed by atoms with Crippen LogP contribution in [-0.4, -0.2) is 40.6 Å². The highest BCUT2D eigenvalue weighted by Gasteiger charge is 2.61. The first-order valence-electron chi connectivity index (χ1n) is 9.37. The summed E-state index contributed by atoms with van der Waals surface area (Å²) < 4.78 is 52.9. The van der Waals surface area contributed by atoms with Crippen LogP contribution in [0.4, 0.5) is 8.78 Å². The van der Waals surface area contributed by atoms with Crippen LogP contribution in [0.1, 0.15) is 62.3 Å². The van der Waals surface area contributed by atoms with Crippen LogP contribution in [0.25, 0.3) is 0 Å². The second-order valence-electron chi connectivity index (χ2n) is 9.73. The van der Waals surface area contributed by atoms with Crippen LogP contribution in [0.2, 0.25) is 0 Å². The Labute approximate surface area is 182 Å². The number of alkyl halides is 2. The van der Waals surface area contributed by atoms with Crippen LogP contribution < -0.4 is 0 Å². The van der Waals surface area contributed by atoms with Crippen LogP contribution in [0.5, 0.6) is 0 Å². The molecule has 0 amide bonds. The molecule has 172 valence electrons. The van der Waals surface area contributed by atoms with E-state index < -0.39 is 29.5 Å². The zero-order chi connectivity index (χ0) is 23.3. The second-order valence-corrected chi connectivity index (χ2v) is 13.9. The van der Waals surface area contributed by atoms with Crippen molar-refractivity contribution < 1.29 is 32.0 Å². The fraction of sp³-hybridized carbons (Fsp3) is 0.895. The van der Waals surface area contributed by atoms with E-state index >= 15 is 0 Å². The Morgan fingerprint density at radius 3 is 1.31 bits per heavy atom. The number of thioether (sulfide) groups is 2. The first-order valence-corrected chi connectivity index (χ1v) is 12.9. The Balaban J connectivity index is 5.04. The summed E-state index contributed by atoms with van der Waals surface area (Å²) in [5.41, 5.74) is -6.54. The minimum atomic E-state index is -4.83. The van der Waals surface area contributed by atoms with Crippen molar-refractivity contribution in [2.45, 2.75) is 68.0 Å². The summed E-state index contributed by atoms with van der Waals surface area (Å²) in [6.45, 7) is 13.6. The van der Waals surface area contributed by atoms with E-state index in [0.29, 0.717) is 0 Å². The quantitative estimate of drug-likeness (QED) is 0.279. The van der Waals surface area contributed by atoms with E-state index in [2.05, 4.69) is 0 Å². The summed E-state index contributed by atoms with van der Waals surface area (Å²) in [5.74, 6) is 0.169. The van der Waals surface area contributed by atoms with Crippen molar-refractivity contribution in [2.75, 3.05) is 24.7 Å². The molecule has 5 nitrogen and oxygen atoms in total. The summed E-state index contributed by atoms with van der Waals surface area (Å²) >= 11 is 1.89.